The second kappa shape index (κ2) is 9.14. The van der Waals surface area contributed by atoms with E-state index < -0.39 is 5.91 Å². The van der Waals surface area contributed by atoms with Crippen LogP contribution in [0.3, 0.4) is 0 Å². The number of methoxy groups -OCH3 is 1. The smallest absolute Gasteiger partial charge is 0.265 e. The quantitative estimate of drug-likeness (QED) is 0.478. The number of thiazole rings is 1. The molecule has 0 aliphatic heterocycles. The van der Waals surface area contributed by atoms with Gasteiger partial charge in [-0.05, 0) is 6.42 Å². The molecule has 0 saturated carbocycles. The topological polar surface area (TPSA) is 118 Å². The molecule has 0 radical (unpaired) electrons. The fourth-order valence-corrected chi connectivity index (χ4v) is 2.22. The molecule has 21 heavy (non-hydrogen) atoms. The van der Waals surface area contributed by atoms with E-state index in [1.807, 2.05) is 6.92 Å². The first kappa shape index (κ1) is 17.2. The summed E-state index contributed by atoms with van der Waals surface area (Å²) in [5.74, 6) is -0.491. The van der Waals surface area contributed by atoms with Crippen LogP contribution in [-0.2, 0) is 9.53 Å². The van der Waals surface area contributed by atoms with Crippen LogP contribution in [-0.4, -0.2) is 50.1 Å². The number of nitrogens with zero attached hydrogens (tertiary/aromatic N) is 1. The summed E-state index contributed by atoms with van der Waals surface area (Å²) < 4.78 is 4.90. The molecule has 1 heterocycles. The number of carbonyl (C=O) groups is 2. The van der Waals surface area contributed by atoms with Crippen molar-refractivity contribution >= 4 is 34.1 Å². The average molecular weight is 315 g/mol. The molecule has 8 nitrogen and oxygen atoms in total. The molecule has 1 aromatic rings. The first-order valence-electron chi connectivity index (χ1n) is 6.62. The predicted molar refractivity (Wildman–Crippen MR) is 82.5 cm³/mol. The Hall–Kier alpha value is -1.87. The number of nitrogen functional groups attached to an aromatic ring is 1. The van der Waals surface area contributed by atoms with E-state index >= 15 is 0 Å². The van der Waals surface area contributed by atoms with Crippen molar-refractivity contribution in [1.82, 2.24) is 15.6 Å². The van der Waals surface area contributed by atoms with Crippen molar-refractivity contribution in [2.45, 2.75) is 13.3 Å². The Bertz CT molecular complexity index is 477. The third-order valence-corrected chi connectivity index (χ3v) is 3.45. The summed E-state index contributed by atoms with van der Waals surface area (Å²) >= 11 is 1.14. The van der Waals surface area contributed by atoms with Gasteiger partial charge in [0.25, 0.3) is 5.91 Å². The number of rotatable bonds is 9. The molecule has 0 aliphatic carbocycles. The molecule has 1 rings (SSSR count). The average Bonchev–Trinajstić information content (AvgIpc) is 2.84. The Balaban J connectivity index is 2.48. The van der Waals surface area contributed by atoms with Crippen LogP contribution in [0.4, 0.5) is 10.9 Å². The van der Waals surface area contributed by atoms with Crippen LogP contribution in [0.25, 0.3) is 0 Å². The Morgan fingerprint density at radius 3 is 2.76 bits per heavy atom. The van der Waals surface area contributed by atoms with Gasteiger partial charge in [0, 0.05) is 20.2 Å². The van der Waals surface area contributed by atoms with E-state index in [2.05, 4.69) is 20.9 Å². The van der Waals surface area contributed by atoms with Crippen molar-refractivity contribution in [3.8, 4) is 0 Å². The summed E-state index contributed by atoms with van der Waals surface area (Å²) in [5.41, 5.74) is 5.70. The van der Waals surface area contributed by atoms with Crippen LogP contribution < -0.4 is 21.7 Å². The number of nitrogens with two attached hydrogens (primary N) is 1. The van der Waals surface area contributed by atoms with Crippen LogP contribution in [0.15, 0.2) is 0 Å². The van der Waals surface area contributed by atoms with E-state index in [1.165, 1.54) is 0 Å². The summed E-state index contributed by atoms with van der Waals surface area (Å²) in [5, 5.41) is 8.73. The SMILES string of the molecule is CCCNC(=O)CNC(=O)c1sc(NCCOC)nc1N. The van der Waals surface area contributed by atoms with Crippen LogP contribution in [0.2, 0.25) is 0 Å². The van der Waals surface area contributed by atoms with Crippen molar-refractivity contribution < 1.29 is 14.3 Å². The molecule has 0 unspecified atom stereocenters. The fraction of sp³-hybridized carbons (Fsp3) is 0.583. The van der Waals surface area contributed by atoms with Crippen molar-refractivity contribution in [3.05, 3.63) is 4.88 Å². The van der Waals surface area contributed by atoms with Gasteiger partial charge >= 0.3 is 0 Å². The van der Waals surface area contributed by atoms with Gasteiger partial charge < -0.3 is 26.4 Å². The molecule has 118 valence electrons. The van der Waals surface area contributed by atoms with E-state index in [0.717, 1.165) is 17.8 Å². The van der Waals surface area contributed by atoms with Gasteiger partial charge in [-0.2, -0.15) is 0 Å². The lowest BCUT2D eigenvalue weighted by molar-refractivity contribution is -0.120. The van der Waals surface area contributed by atoms with Crippen LogP contribution in [0.5, 0.6) is 0 Å². The van der Waals surface area contributed by atoms with E-state index in [9.17, 15) is 9.59 Å². The standard InChI is InChI=1S/C12H21N5O3S/c1-3-4-14-8(18)7-16-11(19)9-10(13)17-12(21-9)15-5-6-20-2/h3-7,13H2,1-2H3,(H,14,18)(H,15,17)(H,16,19). The summed E-state index contributed by atoms with van der Waals surface area (Å²) in [6, 6.07) is 0. The lowest BCUT2D eigenvalue weighted by atomic mass is 10.4. The molecule has 0 spiro atoms. The van der Waals surface area contributed by atoms with Gasteiger partial charge in [0.15, 0.2) is 5.13 Å². The van der Waals surface area contributed by atoms with Gasteiger partial charge in [-0.15, -0.1) is 0 Å². The van der Waals surface area contributed by atoms with E-state index in [4.69, 9.17) is 10.5 Å². The number of hydrogen-bond donors (Lipinski definition) is 4. The summed E-state index contributed by atoms with van der Waals surface area (Å²) in [6.07, 6.45) is 0.845. The number of hydrogen-bond acceptors (Lipinski definition) is 7. The van der Waals surface area contributed by atoms with Crippen molar-refractivity contribution in [2.24, 2.45) is 0 Å². The van der Waals surface area contributed by atoms with Crippen LogP contribution >= 0.6 is 11.3 Å². The predicted octanol–water partition coefficient (Wildman–Crippen LogP) is 0.0396. The van der Waals surface area contributed by atoms with Crippen LogP contribution in [0, 0.1) is 0 Å². The molecule has 0 saturated heterocycles. The number of carbonyl (C=O) groups excluding carboxylic acids is 2. The Labute approximate surface area is 127 Å². The van der Waals surface area contributed by atoms with Crippen LogP contribution in [0.1, 0.15) is 23.0 Å². The van der Waals surface area contributed by atoms with Gasteiger partial charge in [-0.25, -0.2) is 4.98 Å². The molecule has 0 aromatic carbocycles. The van der Waals surface area contributed by atoms with Gasteiger partial charge in [0.05, 0.1) is 13.2 Å². The zero-order valence-corrected chi connectivity index (χ0v) is 13.0. The molecule has 0 atom stereocenters. The largest absolute Gasteiger partial charge is 0.383 e. The van der Waals surface area contributed by atoms with Gasteiger partial charge in [0.2, 0.25) is 5.91 Å². The number of nitrogens with one attached hydrogen (secondary N) is 3. The third kappa shape index (κ3) is 5.96. The highest BCUT2D eigenvalue weighted by atomic mass is 32.1. The highest BCUT2D eigenvalue weighted by molar-refractivity contribution is 7.18. The monoisotopic (exact) mass is 315 g/mol. The Kier molecular flexibility index (Phi) is 7.48. The van der Waals surface area contributed by atoms with Gasteiger partial charge in [-0.3, -0.25) is 9.59 Å². The van der Waals surface area contributed by atoms with E-state index in [1.54, 1.807) is 7.11 Å². The zero-order chi connectivity index (χ0) is 15.7. The molecule has 0 aliphatic rings. The molecule has 0 bridgehead atoms. The highest BCUT2D eigenvalue weighted by Crippen LogP contribution is 2.24. The molecule has 1 aromatic heterocycles. The molecule has 9 heteroatoms. The summed E-state index contributed by atoms with van der Waals surface area (Å²) in [4.78, 5) is 27.7. The number of ether oxygens (including phenoxy) is 1. The van der Waals surface area contributed by atoms with Gasteiger partial charge in [-0.1, -0.05) is 18.3 Å². The Morgan fingerprint density at radius 1 is 1.33 bits per heavy atom. The molecule has 2 amide bonds. The van der Waals surface area contributed by atoms with Crippen molar-refractivity contribution in [2.75, 3.05) is 44.4 Å². The summed E-state index contributed by atoms with van der Waals surface area (Å²) in [7, 11) is 1.60. The maximum Gasteiger partial charge on any atom is 0.265 e. The molecule has 5 N–H and O–H groups in total. The normalized spacial score (nSPS) is 10.2. The van der Waals surface area contributed by atoms with E-state index in [-0.39, 0.29) is 18.3 Å². The minimum Gasteiger partial charge on any atom is -0.383 e. The maximum absolute atomic E-state index is 11.9. The number of amides is 2. The lowest BCUT2D eigenvalue weighted by Crippen LogP contribution is -2.37. The molecule has 0 fully saturated rings. The Morgan fingerprint density at radius 2 is 2.10 bits per heavy atom. The second-order valence-electron chi connectivity index (χ2n) is 4.19. The van der Waals surface area contributed by atoms with Gasteiger partial charge in [0.1, 0.15) is 10.7 Å². The number of aromatic nitrogens is 1. The molecular formula is C12H21N5O3S. The minimum atomic E-state index is -0.406. The minimum absolute atomic E-state index is 0.0807. The first-order valence-corrected chi connectivity index (χ1v) is 7.44. The zero-order valence-electron chi connectivity index (χ0n) is 12.2. The maximum atomic E-state index is 11.9. The van der Waals surface area contributed by atoms with Crippen molar-refractivity contribution in [3.63, 3.8) is 0 Å². The lowest BCUT2D eigenvalue weighted by Gasteiger charge is -2.04. The van der Waals surface area contributed by atoms with E-state index in [0.29, 0.717) is 29.7 Å². The molecular weight excluding hydrogens is 294 g/mol. The highest BCUT2D eigenvalue weighted by Gasteiger charge is 2.16. The third-order valence-electron chi connectivity index (χ3n) is 2.42. The first-order chi connectivity index (χ1) is 10.1. The second-order valence-corrected chi connectivity index (χ2v) is 5.18. The van der Waals surface area contributed by atoms with Crippen molar-refractivity contribution in [1.29, 1.82) is 0 Å². The fourth-order valence-electron chi connectivity index (χ4n) is 1.40. The number of anilines is 2. The summed E-state index contributed by atoms with van der Waals surface area (Å²) in [6.45, 7) is 3.56.